The van der Waals surface area contributed by atoms with E-state index in [4.69, 9.17) is 0 Å². The van der Waals surface area contributed by atoms with Gasteiger partial charge >= 0.3 is 6.18 Å². The first-order chi connectivity index (χ1) is 8.20. The molecule has 7 heteroatoms. The Kier molecular flexibility index (Phi) is 3.73. The fourth-order valence-corrected chi connectivity index (χ4v) is 1.78. The number of alkyl halides is 3. The van der Waals surface area contributed by atoms with Crippen molar-refractivity contribution in [3.8, 4) is 0 Å². The molecule has 0 bridgehead atoms. The van der Waals surface area contributed by atoms with Crippen molar-refractivity contribution in [1.29, 1.82) is 0 Å². The van der Waals surface area contributed by atoms with Gasteiger partial charge in [-0.25, -0.2) is 0 Å². The van der Waals surface area contributed by atoms with E-state index in [1.807, 2.05) is 0 Å². The van der Waals surface area contributed by atoms with Crippen LogP contribution in [0.4, 0.5) is 18.9 Å². The molecule has 0 aromatic heterocycles. The van der Waals surface area contributed by atoms with E-state index in [2.05, 4.69) is 0 Å². The summed E-state index contributed by atoms with van der Waals surface area (Å²) in [6.07, 6.45) is -4.97. The second kappa shape index (κ2) is 4.75. The summed E-state index contributed by atoms with van der Waals surface area (Å²) in [5.41, 5.74) is -2.81. The highest BCUT2D eigenvalue weighted by atomic mass is 19.4. The van der Waals surface area contributed by atoms with Crippen LogP contribution >= 0.6 is 0 Å². The van der Waals surface area contributed by atoms with Gasteiger partial charge in [-0.3, -0.25) is 14.9 Å². The monoisotopic (exact) mass is 261 g/mol. The Morgan fingerprint density at radius 1 is 1.39 bits per heavy atom. The molecule has 0 saturated carbocycles. The number of carbonyl (C=O) groups excluding carboxylic acids is 1. The van der Waals surface area contributed by atoms with Gasteiger partial charge in [-0.1, -0.05) is 6.92 Å². The lowest BCUT2D eigenvalue weighted by molar-refractivity contribution is -0.385. The summed E-state index contributed by atoms with van der Waals surface area (Å²) < 4.78 is 38.8. The summed E-state index contributed by atoms with van der Waals surface area (Å²) in [6, 6.07) is 1.78. The molecule has 4 nitrogen and oxygen atoms in total. The molecule has 0 unspecified atom stereocenters. The Bertz CT molecular complexity index is 509. The van der Waals surface area contributed by atoms with Crippen molar-refractivity contribution >= 4 is 11.5 Å². The summed E-state index contributed by atoms with van der Waals surface area (Å²) in [6.45, 7) is 2.37. The van der Waals surface area contributed by atoms with Crippen molar-refractivity contribution in [3.05, 3.63) is 38.9 Å². The van der Waals surface area contributed by atoms with Gasteiger partial charge in [0, 0.05) is 17.2 Å². The van der Waals surface area contributed by atoms with Gasteiger partial charge < -0.3 is 0 Å². The van der Waals surface area contributed by atoms with Crippen LogP contribution in [0.2, 0.25) is 0 Å². The Morgan fingerprint density at radius 3 is 2.28 bits per heavy atom. The molecule has 0 aliphatic rings. The van der Waals surface area contributed by atoms with E-state index in [0.717, 1.165) is 19.1 Å². The SMILES string of the molecule is CCc1c([N+](=O)[O-])ccc(C(C)=O)c1C(F)(F)F. The highest BCUT2D eigenvalue weighted by Gasteiger charge is 2.39. The Labute approximate surface area is 101 Å². The van der Waals surface area contributed by atoms with E-state index in [0.29, 0.717) is 0 Å². The Hall–Kier alpha value is -1.92. The normalized spacial score (nSPS) is 11.4. The highest BCUT2D eigenvalue weighted by Crippen LogP contribution is 2.38. The van der Waals surface area contributed by atoms with Gasteiger partial charge in [0.25, 0.3) is 5.69 Å². The van der Waals surface area contributed by atoms with Gasteiger partial charge in [-0.2, -0.15) is 13.2 Å². The molecule has 0 N–H and O–H groups in total. The number of hydrogen-bond acceptors (Lipinski definition) is 3. The number of Topliss-reactive ketones (excluding diaryl/α,β-unsaturated/α-hetero) is 1. The topological polar surface area (TPSA) is 60.2 Å². The molecule has 0 radical (unpaired) electrons. The number of rotatable bonds is 3. The third-order valence-corrected chi connectivity index (χ3v) is 2.50. The summed E-state index contributed by atoms with van der Waals surface area (Å²) in [5.74, 6) is -0.771. The quantitative estimate of drug-likeness (QED) is 0.476. The van der Waals surface area contributed by atoms with Crippen LogP contribution < -0.4 is 0 Å². The van der Waals surface area contributed by atoms with Crippen LogP contribution in [-0.2, 0) is 12.6 Å². The average molecular weight is 261 g/mol. The average Bonchev–Trinajstić information content (AvgIpc) is 2.25. The second-order valence-electron chi connectivity index (χ2n) is 3.65. The number of carbonyl (C=O) groups is 1. The number of nitro benzene ring substituents is 1. The number of nitro groups is 1. The van der Waals surface area contributed by atoms with Gasteiger partial charge in [0.05, 0.1) is 10.5 Å². The van der Waals surface area contributed by atoms with Crippen LogP contribution in [0.1, 0.15) is 35.3 Å². The molecule has 0 atom stereocenters. The van der Waals surface area contributed by atoms with E-state index >= 15 is 0 Å². The molecule has 1 aromatic rings. The molecule has 1 aromatic carbocycles. The fourth-order valence-electron chi connectivity index (χ4n) is 1.78. The molecular weight excluding hydrogens is 251 g/mol. The summed E-state index contributed by atoms with van der Waals surface area (Å²) in [5, 5.41) is 10.7. The van der Waals surface area contributed by atoms with Crippen LogP contribution in [0.15, 0.2) is 12.1 Å². The lowest BCUT2D eigenvalue weighted by Crippen LogP contribution is -2.16. The summed E-state index contributed by atoms with van der Waals surface area (Å²) in [7, 11) is 0. The highest BCUT2D eigenvalue weighted by molar-refractivity contribution is 5.96. The first kappa shape index (κ1) is 14.1. The molecule has 0 fully saturated rings. The van der Waals surface area contributed by atoms with Crippen molar-refractivity contribution in [2.45, 2.75) is 26.4 Å². The van der Waals surface area contributed by atoms with E-state index in [-0.39, 0.29) is 6.42 Å². The number of halogens is 3. The minimum atomic E-state index is -4.79. The van der Waals surface area contributed by atoms with Crippen LogP contribution in [-0.4, -0.2) is 10.7 Å². The summed E-state index contributed by atoms with van der Waals surface area (Å²) in [4.78, 5) is 21.0. The predicted molar refractivity (Wildman–Crippen MR) is 57.5 cm³/mol. The first-order valence-corrected chi connectivity index (χ1v) is 5.08. The smallest absolute Gasteiger partial charge is 0.294 e. The molecule has 0 aliphatic carbocycles. The zero-order valence-electron chi connectivity index (χ0n) is 9.67. The van der Waals surface area contributed by atoms with Crippen LogP contribution in [0.5, 0.6) is 0 Å². The second-order valence-corrected chi connectivity index (χ2v) is 3.65. The Balaban J connectivity index is 3.73. The molecule has 98 valence electrons. The molecule has 0 spiro atoms. The zero-order valence-corrected chi connectivity index (χ0v) is 9.67. The van der Waals surface area contributed by atoms with E-state index in [1.54, 1.807) is 0 Å². The lowest BCUT2D eigenvalue weighted by atomic mass is 9.95. The molecule has 0 amide bonds. The van der Waals surface area contributed by atoms with Crippen LogP contribution in [0.3, 0.4) is 0 Å². The van der Waals surface area contributed by atoms with Crippen LogP contribution in [0.25, 0.3) is 0 Å². The lowest BCUT2D eigenvalue weighted by Gasteiger charge is -2.15. The van der Waals surface area contributed by atoms with E-state index in [9.17, 15) is 28.1 Å². The maximum absolute atomic E-state index is 12.9. The van der Waals surface area contributed by atoms with Crippen molar-refractivity contribution in [1.82, 2.24) is 0 Å². The van der Waals surface area contributed by atoms with Gasteiger partial charge in [-0.15, -0.1) is 0 Å². The van der Waals surface area contributed by atoms with Crippen LogP contribution in [0, 0.1) is 10.1 Å². The van der Waals surface area contributed by atoms with E-state index < -0.39 is 39.3 Å². The third kappa shape index (κ3) is 2.49. The Morgan fingerprint density at radius 2 is 1.94 bits per heavy atom. The third-order valence-electron chi connectivity index (χ3n) is 2.50. The molecule has 0 aliphatic heterocycles. The largest absolute Gasteiger partial charge is 0.417 e. The molecule has 0 heterocycles. The first-order valence-electron chi connectivity index (χ1n) is 5.08. The molecule has 1 rings (SSSR count). The van der Waals surface area contributed by atoms with Crippen molar-refractivity contribution in [2.75, 3.05) is 0 Å². The van der Waals surface area contributed by atoms with Gasteiger partial charge in [0.15, 0.2) is 5.78 Å². The van der Waals surface area contributed by atoms with Crippen molar-refractivity contribution < 1.29 is 22.9 Å². The maximum atomic E-state index is 12.9. The number of nitrogens with zero attached hydrogens (tertiary/aromatic N) is 1. The molecular formula is C11H10F3NO3. The van der Waals surface area contributed by atoms with E-state index in [1.165, 1.54) is 6.92 Å². The van der Waals surface area contributed by atoms with Crippen molar-refractivity contribution in [2.24, 2.45) is 0 Å². The van der Waals surface area contributed by atoms with Crippen molar-refractivity contribution in [3.63, 3.8) is 0 Å². The fraction of sp³-hybridized carbons (Fsp3) is 0.364. The molecule has 0 saturated heterocycles. The zero-order chi connectivity index (χ0) is 14.1. The number of hydrogen-bond donors (Lipinski definition) is 0. The number of benzene rings is 1. The maximum Gasteiger partial charge on any atom is 0.417 e. The minimum Gasteiger partial charge on any atom is -0.294 e. The van der Waals surface area contributed by atoms with Gasteiger partial charge in [-0.05, 0) is 19.4 Å². The van der Waals surface area contributed by atoms with Gasteiger partial charge in [0.1, 0.15) is 0 Å². The summed E-state index contributed by atoms with van der Waals surface area (Å²) >= 11 is 0. The standard InChI is InChI=1S/C11H10F3NO3/c1-3-7-9(15(17)18)5-4-8(6(2)16)10(7)11(12,13)14/h4-5H,3H2,1-2H3. The molecule has 18 heavy (non-hydrogen) atoms. The van der Waals surface area contributed by atoms with Gasteiger partial charge in [0.2, 0.25) is 0 Å². The number of ketones is 1. The minimum absolute atomic E-state index is 0.174. The predicted octanol–water partition coefficient (Wildman–Crippen LogP) is 3.38.